The van der Waals surface area contributed by atoms with Gasteiger partial charge in [-0.05, 0) is 36.4 Å². The fourth-order valence-corrected chi connectivity index (χ4v) is 2.80. The molecule has 26 heavy (non-hydrogen) atoms. The highest BCUT2D eigenvalue weighted by atomic mass is 79.9. The topological polar surface area (TPSA) is 76.7 Å². The van der Waals surface area contributed by atoms with E-state index in [9.17, 15) is 18.4 Å². The predicted octanol–water partition coefficient (Wildman–Crippen LogP) is 3.31. The van der Waals surface area contributed by atoms with Gasteiger partial charge in [0.25, 0.3) is 11.8 Å². The molecule has 0 bridgehead atoms. The first-order valence-corrected chi connectivity index (χ1v) is 8.30. The van der Waals surface area contributed by atoms with Gasteiger partial charge in [-0.2, -0.15) is 8.78 Å². The molecule has 0 radical (unpaired) electrons. The molecule has 2 aromatic carbocycles. The van der Waals surface area contributed by atoms with Crippen molar-refractivity contribution in [2.75, 3.05) is 11.9 Å². The van der Waals surface area contributed by atoms with Gasteiger partial charge in [0.15, 0.2) is 6.61 Å². The van der Waals surface area contributed by atoms with Crippen LogP contribution < -0.4 is 20.1 Å². The second-order valence-electron chi connectivity index (χ2n) is 5.36. The van der Waals surface area contributed by atoms with Crippen molar-refractivity contribution in [2.45, 2.75) is 13.2 Å². The largest absolute Gasteiger partial charge is 0.482 e. The molecule has 136 valence electrons. The molecule has 0 spiro atoms. The van der Waals surface area contributed by atoms with Gasteiger partial charge in [-0.15, -0.1) is 0 Å². The van der Waals surface area contributed by atoms with E-state index >= 15 is 0 Å². The van der Waals surface area contributed by atoms with Crippen LogP contribution in [0.2, 0.25) is 0 Å². The standard InChI is InChI=1S/C17H13BrF2N2O4/c18-11-2-4-13(26-17(19)20)10(5-11)7-21-16(24)9-1-3-12-14(6-9)25-8-15(23)22-12/h1-6,17H,7-8H2,(H,21,24)(H,22,23). The van der Waals surface area contributed by atoms with Crippen molar-refractivity contribution >= 4 is 33.4 Å². The SMILES string of the molecule is O=C1COc2cc(C(=O)NCc3cc(Br)ccc3OC(F)F)ccc2N1. The molecule has 0 saturated carbocycles. The van der Waals surface area contributed by atoms with Crippen LogP contribution in [-0.2, 0) is 11.3 Å². The van der Waals surface area contributed by atoms with Crippen LogP contribution in [0.5, 0.6) is 11.5 Å². The average Bonchev–Trinajstić information content (AvgIpc) is 2.60. The maximum Gasteiger partial charge on any atom is 0.387 e. The molecular weight excluding hydrogens is 414 g/mol. The number of anilines is 1. The summed E-state index contributed by atoms with van der Waals surface area (Å²) in [6, 6.07) is 9.14. The monoisotopic (exact) mass is 426 g/mol. The van der Waals surface area contributed by atoms with Crippen molar-refractivity contribution in [3.05, 3.63) is 52.0 Å². The summed E-state index contributed by atoms with van der Waals surface area (Å²) in [6.45, 7) is -3.09. The number of ether oxygens (including phenoxy) is 2. The third-order valence-electron chi connectivity index (χ3n) is 3.55. The summed E-state index contributed by atoms with van der Waals surface area (Å²) in [6.07, 6.45) is 0. The van der Waals surface area contributed by atoms with Crippen LogP contribution in [0.3, 0.4) is 0 Å². The Kier molecular flexibility index (Phi) is 5.36. The van der Waals surface area contributed by atoms with Gasteiger partial charge in [0.2, 0.25) is 0 Å². The van der Waals surface area contributed by atoms with Crippen molar-refractivity contribution < 1.29 is 27.8 Å². The fourth-order valence-electron chi connectivity index (χ4n) is 2.39. The van der Waals surface area contributed by atoms with E-state index in [1.807, 2.05) is 0 Å². The smallest absolute Gasteiger partial charge is 0.387 e. The molecule has 9 heteroatoms. The number of benzene rings is 2. The van der Waals surface area contributed by atoms with Crippen LogP contribution in [0.25, 0.3) is 0 Å². The van der Waals surface area contributed by atoms with Crippen LogP contribution in [0, 0.1) is 0 Å². The zero-order valence-electron chi connectivity index (χ0n) is 13.2. The lowest BCUT2D eigenvalue weighted by Crippen LogP contribution is -2.27. The highest BCUT2D eigenvalue weighted by molar-refractivity contribution is 9.10. The van der Waals surface area contributed by atoms with Gasteiger partial charge in [-0.25, -0.2) is 0 Å². The van der Waals surface area contributed by atoms with E-state index in [1.165, 1.54) is 18.2 Å². The summed E-state index contributed by atoms with van der Waals surface area (Å²) >= 11 is 3.25. The summed E-state index contributed by atoms with van der Waals surface area (Å²) in [5, 5.41) is 5.27. The number of nitrogens with one attached hydrogen (secondary N) is 2. The predicted molar refractivity (Wildman–Crippen MR) is 92.5 cm³/mol. The zero-order chi connectivity index (χ0) is 18.7. The van der Waals surface area contributed by atoms with Gasteiger partial charge >= 0.3 is 6.61 Å². The number of hydrogen-bond acceptors (Lipinski definition) is 4. The Bertz CT molecular complexity index is 861. The maximum absolute atomic E-state index is 12.5. The van der Waals surface area contributed by atoms with Crippen LogP contribution in [0.15, 0.2) is 40.9 Å². The molecule has 0 atom stereocenters. The van der Waals surface area contributed by atoms with Crippen molar-refractivity contribution in [2.24, 2.45) is 0 Å². The van der Waals surface area contributed by atoms with Gasteiger partial charge in [0.1, 0.15) is 11.5 Å². The lowest BCUT2D eigenvalue weighted by molar-refractivity contribution is -0.118. The van der Waals surface area contributed by atoms with Gasteiger partial charge in [-0.1, -0.05) is 15.9 Å². The lowest BCUT2D eigenvalue weighted by Gasteiger charge is -2.18. The van der Waals surface area contributed by atoms with E-state index in [-0.39, 0.29) is 24.8 Å². The third-order valence-corrected chi connectivity index (χ3v) is 4.05. The molecule has 0 unspecified atom stereocenters. The van der Waals surface area contributed by atoms with Crippen molar-refractivity contribution in [1.82, 2.24) is 5.32 Å². The number of rotatable bonds is 5. The molecule has 2 N–H and O–H groups in total. The highest BCUT2D eigenvalue weighted by Gasteiger charge is 2.18. The van der Waals surface area contributed by atoms with Crippen LogP contribution in [0.4, 0.5) is 14.5 Å². The third kappa shape index (κ3) is 4.29. The number of alkyl halides is 2. The Morgan fingerprint density at radius 2 is 2.12 bits per heavy atom. The highest BCUT2D eigenvalue weighted by Crippen LogP contribution is 2.29. The molecule has 3 rings (SSSR count). The number of carbonyl (C=O) groups is 2. The molecule has 1 aliphatic rings. The van der Waals surface area contributed by atoms with Crippen LogP contribution in [0.1, 0.15) is 15.9 Å². The fraction of sp³-hybridized carbons (Fsp3) is 0.176. The zero-order valence-corrected chi connectivity index (χ0v) is 14.8. The number of halogens is 3. The lowest BCUT2D eigenvalue weighted by atomic mass is 10.1. The van der Waals surface area contributed by atoms with Gasteiger partial charge in [-0.3, -0.25) is 9.59 Å². The van der Waals surface area contributed by atoms with Gasteiger partial charge in [0.05, 0.1) is 5.69 Å². The van der Waals surface area contributed by atoms with E-state index in [0.717, 1.165) is 0 Å². The molecule has 0 aliphatic carbocycles. The Labute approximate surface area is 155 Å². The van der Waals surface area contributed by atoms with E-state index in [2.05, 4.69) is 31.3 Å². The number of hydrogen-bond donors (Lipinski definition) is 2. The second kappa shape index (κ2) is 7.69. The van der Waals surface area contributed by atoms with Crippen LogP contribution in [-0.4, -0.2) is 25.0 Å². The normalized spacial score (nSPS) is 12.8. The molecule has 2 amide bonds. The minimum absolute atomic E-state index is 0.00496. The Hall–Kier alpha value is -2.68. The number of fused-ring (bicyclic) bond motifs is 1. The number of carbonyl (C=O) groups excluding carboxylic acids is 2. The second-order valence-corrected chi connectivity index (χ2v) is 6.28. The number of amides is 2. The first-order valence-electron chi connectivity index (χ1n) is 7.50. The minimum Gasteiger partial charge on any atom is -0.482 e. The van der Waals surface area contributed by atoms with E-state index in [1.54, 1.807) is 18.2 Å². The maximum atomic E-state index is 12.5. The van der Waals surface area contributed by atoms with Crippen molar-refractivity contribution in [1.29, 1.82) is 0 Å². The molecule has 0 aromatic heterocycles. The molecule has 0 saturated heterocycles. The average molecular weight is 427 g/mol. The molecular formula is C17H13BrF2N2O4. The quantitative estimate of drug-likeness (QED) is 0.768. The van der Waals surface area contributed by atoms with Gasteiger partial charge in [0, 0.05) is 22.1 Å². The summed E-state index contributed by atoms with van der Waals surface area (Å²) in [5.74, 6) is -0.311. The summed E-state index contributed by atoms with van der Waals surface area (Å²) in [5.41, 5.74) is 1.19. The van der Waals surface area contributed by atoms with Crippen molar-refractivity contribution in [3.63, 3.8) is 0 Å². The van der Waals surface area contributed by atoms with Crippen LogP contribution >= 0.6 is 15.9 Å². The molecule has 2 aromatic rings. The Morgan fingerprint density at radius 3 is 2.88 bits per heavy atom. The first-order chi connectivity index (χ1) is 12.4. The minimum atomic E-state index is -2.96. The molecule has 1 aliphatic heterocycles. The van der Waals surface area contributed by atoms with Crippen molar-refractivity contribution in [3.8, 4) is 11.5 Å². The molecule has 1 heterocycles. The molecule has 6 nitrogen and oxygen atoms in total. The van der Waals surface area contributed by atoms with E-state index in [4.69, 9.17) is 4.74 Å². The Balaban J connectivity index is 1.71. The Morgan fingerprint density at radius 1 is 1.31 bits per heavy atom. The summed E-state index contributed by atoms with van der Waals surface area (Å²) in [4.78, 5) is 23.6. The van der Waals surface area contributed by atoms with Gasteiger partial charge < -0.3 is 20.1 Å². The first kappa shape index (κ1) is 18.1. The van der Waals surface area contributed by atoms with E-state index in [0.29, 0.717) is 27.0 Å². The van der Waals surface area contributed by atoms with E-state index < -0.39 is 12.5 Å². The summed E-state index contributed by atoms with van der Waals surface area (Å²) in [7, 11) is 0. The summed E-state index contributed by atoms with van der Waals surface area (Å²) < 4.78 is 35.4. The molecule has 0 fully saturated rings.